The Bertz CT molecular complexity index is 273. The van der Waals surface area contributed by atoms with Crippen molar-refractivity contribution < 1.29 is 5.11 Å². The molecule has 0 bridgehead atoms. The average molecular weight is 211 g/mol. The van der Waals surface area contributed by atoms with Crippen LogP contribution in [-0.2, 0) is 6.54 Å². The minimum atomic E-state index is 0.297. The highest BCUT2D eigenvalue weighted by atomic mass is 32.1. The van der Waals surface area contributed by atoms with Crippen molar-refractivity contribution in [3.8, 4) is 0 Å². The Balaban J connectivity index is 1.98. The van der Waals surface area contributed by atoms with Crippen LogP contribution in [0.3, 0.4) is 0 Å². The molecule has 2 atom stereocenters. The van der Waals surface area contributed by atoms with E-state index in [9.17, 15) is 5.11 Å². The van der Waals surface area contributed by atoms with E-state index >= 15 is 0 Å². The number of aliphatic hydroxyl groups is 1. The highest BCUT2D eigenvalue weighted by Crippen LogP contribution is 2.25. The van der Waals surface area contributed by atoms with Gasteiger partial charge >= 0.3 is 0 Å². The van der Waals surface area contributed by atoms with Crippen molar-refractivity contribution in [2.45, 2.75) is 25.9 Å². The number of likely N-dealkylation sites (tertiary alicyclic amines) is 1. The van der Waals surface area contributed by atoms with Crippen molar-refractivity contribution in [1.82, 2.24) is 4.90 Å². The fourth-order valence-corrected chi connectivity index (χ4v) is 2.86. The van der Waals surface area contributed by atoms with Crippen molar-refractivity contribution in [2.24, 2.45) is 5.92 Å². The Hall–Kier alpha value is -0.380. The quantitative estimate of drug-likeness (QED) is 0.826. The Morgan fingerprint density at radius 2 is 2.50 bits per heavy atom. The van der Waals surface area contributed by atoms with Crippen LogP contribution in [0, 0.1) is 5.92 Å². The predicted octanol–water partition coefficient (Wildman–Crippen LogP) is 1.95. The smallest absolute Gasteiger partial charge is 0.0589 e. The summed E-state index contributed by atoms with van der Waals surface area (Å²) >= 11 is 1.74. The Morgan fingerprint density at radius 3 is 3.14 bits per heavy atom. The number of hydrogen-bond donors (Lipinski definition) is 1. The van der Waals surface area contributed by atoms with Crippen LogP contribution in [0.5, 0.6) is 0 Å². The van der Waals surface area contributed by atoms with Gasteiger partial charge in [0.2, 0.25) is 0 Å². The second kappa shape index (κ2) is 4.43. The van der Waals surface area contributed by atoms with Gasteiger partial charge in [0.15, 0.2) is 0 Å². The molecule has 2 rings (SSSR count). The number of rotatable bonds is 3. The Morgan fingerprint density at radius 1 is 1.64 bits per heavy atom. The monoisotopic (exact) mass is 211 g/mol. The molecule has 1 aromatic heterocycles. The summed E-state index contributed by atoms with van der Waals surface area (Å²) in [5.74, 6) is 0.638. The first kappa shape index (κ1) is 10.1. The zero-order valence-electron chi connectivity index (χ0n) is 8.52. The molecule has 1 aliphatic heterocycles. The lowest BCUT2D eigenvalue weighted by Crippen LogP contribution is -2.34. The minimum Gasteiger partial charge on any atom is -0.395 e. The van der Waals surface area contributed by atoms with Crippen LogP contribution < -0.4 is 0 Å². The van der Waals surface area contributed by atoms with E-state index < -0.39 is 0 Å². The molecule has 0 saturated carbocycles. The van der Waals surface area contributed by atoms with Crippen LogP contribution in [0.1, 0.15) is 18.9 Å². The standard InChI is InChI=1S/C11H17NOS/c1-9-2-4-12(11(9)7-13)6-10-3-5-14-8-10/h3,5,8-9,11,13H,2,4,6-7H2,1H3. The summed E-state index contributed by atoms with van der Waals surface area (Å²) in [7, 11) is 0. The topological polar surface area (TPSA) is 23.5 Å². The van der Waals surface area contributed by atoms with Crippen molar-refractivity contribution in [3.05, 3.63) is 22.4 Å². The van der Waals surface area contributed by atoms with E-state index in [0.717, 1.165) is 13.1 Å². The van der Waals surface area contributed by atoms with E-state index in [0.29, 0.717) is 18.6 Å². The van der Waals surface area contributed by atoms with Crippen molar-refractivity contribution >= 4 is 11.3 Å². The normalized spacial score (nSPS) is 28.4. The van der Waals surface area contributed by atoms with Gasteiger partial charge in [-0.25, -0.2) is 0 Å². The van der Waals surface area contributed by atoms with Crippen LogP contribution in [-0.4, -0.2) is 29.2 Å². The second-order valence-electron chi connectivity index (χ2n) is 4.12. The summed E-state index contributed by atoms with van der Waals surface area (Å²) in [5.41, 5.74) is 1.38. The van der Waals surface area contributed by atoms with Crippen LogP contribution in [0.15, 0.2) is 16.8 Å². The van der Waals surface area contributed by atoms with Gasteiger partial charge in [-0.3, -0.25) is 4.90 Å². The zero-order chi connectivity index (χ0) is 9.97. The molecule has 14 heavy (non-hydrogen) atoms. The van der Waals surface area contributed by atoms with Gasteiger partial charge in [0.25, 0.3) is 0 Å². The van der Waals surface area contributed by atoms with E-state index in [2.05, 4.69) is 28.7 Å². The predicted molar refractivity (Wildman–Crippen MR) is 59.4 cm³/mol. The number of hydrogen-bond acceptors (Lipinski definition) is 3. The van der Waals surface area contributed by atoms with Crippen LogP contribution in [0.25, 0.3) is 0 Å². The van der Waals surface area contributed by atoms with Crippen molar-refractivity contribution in [3.63, 3.8) is 0 Å². The molecule has 2 nitrogen and oxygen atoms in total. The SMILES string of the molecule is CC1CCN(Cc2ccsc2)C1CO. The first-order chi connectivity index (χ1) is 6.81. The molecular weight excluding hydrogens is 194 g/mol. The van der Waals surface area contributed by atoms with Gasteiger partial charge in [0.05, 0.1) is 6.61 Å². The first-order valence-corrected chi connectivity index (χ1v) is 6.11. The molecule has 0 radical (unpaired) electrons. The molecule has 0 aliphatic carbocycles. The molecule has 0 aromatic carbocycles. The lowest BCUT2D eigenvalue weighted by molar-refractivity contribution is 0.134. The van der Waals surface area contributed by atoms with Gasteiger partial charge in [0.1, 0.15) is 0 Å². The lowest BCUT2D eigenvalue weighted by Gasteiger charge is -2.24. The van der Waals surface area contributed by atoms with E-state index in [1.165, 1.54) is 12.0 Å². The van der Waals surface area contributed by atoms with E-state index in [4.69, 9.17) is 0 Å². The van der Waals surface area contributed by atoms with Crippen molar-refractivity contribution in [2.75, 3.05) is 13.2 Å². The zero-order valence-corrected chi connectivity index (χ0v) is 9.33. The maximum absolute atomic E-state index is 9.30. The molecular formula is C11H17NOS. The summed E-state index contributed by atoms with van der Waals surface area (Å²) in [4.78, 5) is 2.40. The fourth-order valence-electron chi connectivity index (χ4n) is 2.20. The van der Waals surface area contributed by atoms with E-state index in [1.807, 2.05) is 0 Å². The fraction of sp³-hybridized carbons (Fsp3) is 0.636. The molecule has 1 N–H and O–H groups in total. The van der Waals surface area contributed by atoms with Gasteiger partial charge in [-0.1, -0.05) is 6.92 Å². The third-order valence-electron chi connectivity index (χ3n) is 3.15. The molecule has 0 spiro atoms. The third-order valence-corrected chi connectivity index (χ3v) is 3.88. The van der Waals surface area contributed by atoms with E-state index in [1.54, 1.807) is 11.3 Å². The highest BCUT2D eigenvalue weighted by molar-refractivity contribution is 7.07. The molecule has 78 valence electrons. The van der Waals surface area contributed by atoms with Crippen LogP contribution in [0.4, 0.5) is 0 Å². The highest BCUT2D eigenvalue weighted by Gasteiger charge is 2.30. The number of nitrogens with zero attached hydrogens (tertiary/aromatic N) is 1. The molecule has 1 fully saturated rings. The third kappa shape index (κ3) is 2.00. The van der Waals surface area contributed by atoms with Gasteiger partial charge in [-0.05, 0) is 41.3 Å². The summed E-state index contributed by atoms with van der Waals surface area (Å²) in [5, 5.41) is 13.6. The van der Waals surface area contributed by atoms with Gasteiger partial charge < -0.3 is 5.11 Å². The summed E-state index contributed by atoms with van der Waals surface area (Å²) in [6.45, 7) is 4.65. The molecule has 2 unspecified atom stereocenters. The Labute approximate surface area is 89.2 Å². The molecule has 3 heteroatoms. The van der Waals surface area contributed by atoms with Gasteiger partial charge in [-0.2, -0.15) is 11.3 Å². The molecule has 1 aliphatic rings. The van der Waals surface area contributed by atoms with E-state index in [-0.39, 0.29) is 0 Å². The number of aliphatic hydroxyl groups excluding tert-OH is 1. The largest absolute Gasteiger partial charge is 0.395 e. The molecule has 0 amide bonds. The maximum atomic E-state index is 9.30. The first-order valence-electron chi connectivity index (χ1n) is 5.17. The molecule has 1 aromatic rings. The van der Waals surface area contributed by atoms with Gasteiger partial charge in [0, 0.05) is 12.6 Å². The molecule has 2 heterocycles. The second-order valence-corrected chi connectivity index (χ2v) is 4.90. The van der Waals surface area contributed by atoms with Gasteiger partial charge in [-0.15, -0.1) is 0 Å². The molecule has 1 saturated heterocycles. The lowest BCUT2D eigenvalue weighted by atomic mass is 10.0. The van der Waals surface area contributed by atoms with Crippen LogP contribution in [0.2, 0.25) is 0 Å². The minimum absolute atomic E-state index is 0.297. The number of thiophene rings is 1. The average Bonchev–Trinajstić information content (AvgIpc) is 2.77. The van der Waals surface area contributed by atoms with Crippen molar-refractivity contribution in [1.29, 1.82) is 0 Å². The summed E-state index contributed by atoms with van der Waals surface area (Å²) < 4.78 is 0. The van der Waals surface area contributed by atoms with Crippen LogP contribution >= 0.6 is 11.3 Å². The summed E-state index contributed by atoms with van der Waals surface area (Å²) in [6, 6.07) is 2.54. The summed E-state index contributed by atoms with van der Waals surface area (Å²) in [6.07, 6.45) is 1.22. The Kier molecular flexibility index (Phi) is 3.21. The maximum Gasteiger partial charge on any atom is 0.0589 e.